The van der Waals surface area contributed by atoms with Gasteiger partial charge in [-0.3, -0.25) is 0 Å². The average Bonchev–Trinajstić information content (AvgIpc) is 3.47. The lowest BCUT2D eigenvalue weighted by Gasteiger charge is -2.31. The first-order valence-corrected chi connectivity index (χ1v) is 12.7. The van der Waals surface area contributed by atoms with Crippen molar-refractivity contribution in [1.29, 1.82) is 0 Å². The molecule has 2 amide bonds. The molecule has 2 aromatic heterocycles. The molecule has 178 valence electrons. The molecule has 1 unspecified atom stereocenters. The van der Waals surface area contributed by atoms with Crippen molar-refractivity contribution in [2.45, 2.75) is 38.3 Å². The number of rotatable bonds is 3. The first kappa shape index (κ1) is 21.9. The molecule has 1 atom stereocenters. The van der Waals surface area contributed by atoms with Crippen LogP contribution in [0.15, 0.2) is 66.9 Å². The number of carbonyl (C=O) groups excluding carboxylic acids is 1. The summed E-state index contributed by atoms with van der Waals surface area (Å²) in [5.41, 5.74) is 4.70. The number of nitrogens with zero attached hydrogens (tertiary/aromatic N) is 2. The highest BCUT2D eigenvalue weighted by atomic mass is 32.1. The number of para-hydroxylation sites is 1. The van der Waals surface area contributed by atoms with Crippen molar-refractivity contribution >= 4 is 23.1 Å². The minimum absolute atomic E-state index is 0.175. The maximum absolute atomic E-state index is 14.5. The maximum atomic E-state index is 14.5. The fourth-order valence-corrected chi connectivity index (χ4v) is 6.70. The number of hydrogen-bond donors (Lipinski definition) is 1. The Morgan fingerprint density at radius 1 is 1.06 bits per heavy atom. The highest BCUT2D eigenvalue weighted by molar-refractivity contribution is 7.15. The van der Waals surface area contributed by atoms with Gasteiger partial charge in [0.25, 0.3) is 0 Å². The molecule has 7 heteroatoms. The Kier molecular flexibility index (Phi) is 5.57. The standard InChI is InChI=1S/C28H26FN3O2S/c1-34-19-9-6-8-18(16-19)26-24-13-7-15-31(24)27-21(20-10-2-5-14-25(20)35-27)17-32(26)28(33)30-23-12-4-3-11-22(23)29/h3-4,6-9,11-13,15-16,26H,2,5,10,14,17H2,1H3,(H,30,33). The average molecular weight is 488 g/mol. The number of amides is 2. The molecule has 1 N–H and O–H groups in total. The zero-order valence-corrected chi connectivity index (χ0v) is 20.3. The van der Waals surface area contributed by atoms with Gasteiger partial charge in [-0.25, -0.2) is 9.18 Å². The number of aromatic nitrogens is 1. The fourth-order valence-electron chi connectivity index (χ4n) is 5.30. The minimum atomic E-state index is -0.453. The first-order valence-electron chi connectivity index (χ1n) is 11.9. The number of carbonyl (C=O) groups is 1. The summed E-state index contributed by atoms with van der Waals surface area (Å²) in [4.78, 5) is 17.1. The Morgan fingerprint density at radius 2 is 1.91 bits per heavy atom. The fraction of sp³-hybridized carbons (Fsp3) is 0.250. The predicted octanol–water partition coefficient (Wildman–Crippen LogP) is 6.70. The molecule has 0 spiro atoms. The highest BCUT2D eigenvalue weighted by Crippen LogP contribution is 2.44. The van der Waals surface area contributed by atoms with Crippen LogP contribution >= 0.6 is 11.3 Å². The molecule has 35 heavy (non-hydrogen) atoms. The number of halogens is 1. The molecule has 0 bridgehead atoms. The van der Waals surface area contributed by atoms with Gasteiger partial charge in [-0.15, -0.1) is 11.3 Å². The van der Waals surface area contributed by atoms with E-state index in [-0.39, 0.29) is 17.8 Å². The van der Waals surface area contributed by atoms with E-state index in [0.29, 0.717) is 6.54 Å². The molecular weight excluding hydrogens is 461 g/mol. The van der Waals surface area contributed by atoms with Gasteiger partial charge in [-0.1, -0.05) is 24.3 Å². The number of aryl methyl sites for hydroxylation is 1. The van der Waals surface area contributed by atoms with Gasteiger partial charge in [0.05, 0.1) is 31.1 Å². The summed E-state index contributed by atoms with van der Waals surface area (Å²) in [7, 11) is 1.64. The number of benzene rings is 2. The quantitative estimate of drug-likeness (QED) is 0.349. The molecule has 2 aliphatic rings. The van der Waals surface area contributed by atoms with E-state index in [4.69, 9.17) is 4.74 Å². The van der Waals surface area contributed by atoms with E-state index < -0.39 is 5.82 Å². The topological polar surface area (TPSA) is 46.5 Å². The van der Waals surface area contributed by atoms with Gasteiger partial charge in [0.1, 0.15) is 16.6 Å². The van der Waals surface area contributed by atoms with E-state index in [1.165, 1.54) is 33.5 Å². The van der Waals surface area contributed by atoms with Gasteiger partial charge in [0, 0.05) is 16.6 Å². The van der Waals surface area contributed by atoms with Crippen molar-refractivity contribution in [1.82, 2.24) is 9.47 Å². The Labute approximate surface area is 207 Å². The van der Waals surface area contributed by atoms with Crippen molar-refractivity contribution in [2.75, 3.05) is 12.4 Å². The maximum Gasteiger partial charge on any atom is 0.323 e. The normalized spacial score (nSPS) is 16.6. The summed E-state index contributed by atoms with van der Waals surface area (Å²) in [6.45, 7) is 0.449. The molecule has 1 aliphatic heterocycles. The second kappa shape index (κ2) is 8.89. The van der Waals surface area contributed by atoms with Crippen LogP contribution in [-0.4, -0.2) is 22.6 Å². The number of ether oxygens (including phenoxy) is 1. The van der Waals surface area contributed by atoms with Gasteiger partial charge in [0.15, 0.2) is 0 Å². The van der Waals surface area contributed by atoms with E-state index >= 15 is 0 Å². The Morgan fingerprint density at radius 3 is 2.77 bits per heavy atom. The van der Waals surface area contributed by atoms with Crippen LogP contribution in [0.3, 0.4) is 0 Å². The molecule has 2 aromatic carbocycles. The van der Waals surface area contributed by atoms with Gasteiger partial charge >= 0.3 is 6.03 Å². The third-order valence-corrected chi connectivity index (χ3v) is 8.30. The lowest BCUT2D eigenvalue weighted by atomic mass is 9.95. The summed E-state index contributed by atoms with van der Waals surface area (Å²) in [6.07, 6.45) is 6.57. The molecule has 0 fully saturated rings. The SMILES string of the molecule is COc1cccc(C2c3cccn3-c3sc4c(c3CN2C(=O)Nc2ccccc2F)CCCC4)c1. The summed E-state index contributed by atoms with van der Waals surface area (Å²) in [5.74, 6) is 0.275. The predicted molar refractivity (Wildman–Crippen MR) is 136 cm³/mol. The largest absolute Gasteiger partial charge is 0.497 e. The van der Waals surface area contributed by atoms with Crippen molar-refractivity contribution in [3.8, 4) is 10.8 Å². The van der Waals surface area contributed by atoms with Gasteiger partial charge < -0.3 is 19.5 Å². The van der Waals surface area contributed by atoms with Crippen LogP contribution < -0.4 is 10.1 Å². The van der Waals surface area contributed by atoms with Gasteiger partial charge in [0.2, 0.25) is 0 Å². The van der Waals surface area contributed by atoms with Gasteiger partial charge in [-0.2, -0.15) is 0 Å². The second-order valence-electron chi connectivity index (χ2n) is 9.01. The first-order chi connectivity index (χ1) is 17.1. The number of fused-ring (bicyclic) bond motifs is 5. The Balaban J connectivity index is 1.51. The number of nitrogens with one attached hydrogen (secondary N) is 1. The third kappa shape index (κ3) is 3.80. The van der Waals surface area contributed by atoms with Crippen molar-refractivity contribution in [3.63, 3.8) is 0 Å². The van der Waals surface area contributed by atoms with Crippen LogP contribution in [0.25, 0.3) is 5.00 Å². The van der Waals surface area contributed by atoms with E-state index in [0.717, 1.165) is 36.3 Å². The molecule has 6 rings (SSSR count). The monoisotopic (exact) mass is 487 g/mol. The van der Waals surface area contributed by atoms with Crippen LogP contribution in [0.1, 0.15) is 46.1 Å². The zero-order chi connectivity index (χ0) is 23.9. The summed E-state index contributed by atoms with van der Waals surface area (Å²) in [5, 5.41) is 4.02. The number of thiophene rings is 1. The van der Waals surface area contributed by atoms with E-state index in [9.17, 15) is 9.18 Å². The molecule has 5 nitrogen and oxygen atoms in total. The van der Waals surface area contributed by atoms with E-state index in [2.05, 4.69) is 22.1 Å². The molecule has 4 aromatic rings. The lowest BCUT2D eigenvalue weighted by Crippen LogP contribution is -2.38. The van der Waals surface area contributed by atoms with Crippen LogP contribution in [0.2, 0.25) is 0 Å². The number of anilines is 1. The van der Waals surface area contributed by atoms with Gasteiger partial charge in [-0.05, 0) is 73.2 Å². The molecule has 0 saturated heterocycles. The smallest absolute Gasteiger partial charge is 0.323 e. The Hall–Kier alpha value is -3.58. The van der Waals surface area contributed by atoms with Crippen LogP contribution in [0, 0.1) is 5.82 Å². The number of urea groups is 1. The summed E-state index contributed by atoms with van der Waals surface area (Å²) in [6, 6.07) is 17.5. The lowest BCUT2D eigenvalue weighted by molar-refractivity contribution is 0.194. The molecular formula is C28H26FN3O2S. The molecule has 0 saturated carbocycles. The Bertz CT molecular complexity index is 1410. The van der Waals surface area contributed by atoms with E-state index in [1.807, 2.05) is 46.6 Å². The second-order valence-corrected chi connectivity index (χ2v) is 10.1. The summed E-state index contributed by atoms with van der Waals surface area (Å²) < 4.78 is 22.2. The minimum Gasteiger partial charge on any atom is -0.497 e. The van der Waals surface area contributed by atoms with E-state index in [1.54, 1.807) is 25.3 Å². The van der Waals surface area contributed by atoms with Crippen molar-refractivity contribution in [3.05, 3.63) is 99.9 Å². The van der Waals surface area contributed by atoms with Crippen LogP contribution in [0.5, 0.6) is 5.75 Å². The zero-order valence-electron chi connectivity index (χ0n) is 19.5. The molecule has 0 radical (unpaired) electrons. The number of hydrogen-bond acceptors (Lipinski definition) is 3. The van der Waals surface area contributed by atoms with Crippen molar-refractivity contribution < 1.29 is 13.9 Å². The van der Waals surface area contributed by atoms with Crippen LogP contribution in [0.4, 0.5) is 14.9 Å². The summed E-state index contributed by atoms with van der Waals surface area (Å²) >= 11 is 1.84. The highest BCUT2D eigenvalue weighted by Gasteiger charge is 2.36. The number of methoxy groups -OCH3 is 1. The third-order valence-electron chi connectivity index (χ3n) is 6.96. The van der Waals surface area contributed by atoms with Crippen molar-refractivity contribution in [2.24, 2.45) is 0 Å². The molecule has 1 aliphatic carbocycles. The molecule has 3 heterocycles. The van der Waals surface area contributed by atoms with Crippen LogP contribution in [-0.2, 0) is 19.4 Å².